The van der Waals surface area contributed by atoms with Crippen molar-refractivity contribution in [2.75, 3.05) is 18.0 Å². The number of alkyl halides is 4. The molecule has 160 valence electrons. The van der Waals surface area contributed by atoms with Crippen molar-refractivity contribution in [3.05, 3.63) is 35.7 Å². The average molecular weight is 445 g/mol. The van der Waals surface area contributed by atoms with Gasteiger partial charge < -0.3 is 15.2 Å². The van der Waals surface area contributed by atoms with Crippen LogP contribution in [0.15, 0.2) is 30.7 Å². The number of carbonyl (C=O) groups is 1. The van der Waals surface area contributed by atoms with E-state index in [4.69, 9.17) is 11.6 Å². The molecule has 0 radical (unpaired) electrons. The largest absolute Gasteiger partial charge is 0.405 e. The molecule has 0 bridgehead atoms. The lowest BCUT2D eigenvalue weighted by Gasteiger charge is -2.24. The number of halogens is 5. The number of pyridine rings is 1. The fraction of sp³-hybridized carbons (Fsp3) is 0.333. The summed E-state index contributed by atoms with van der Waals surface area (Å²) < 4.78 is 51.3. The van der Waals surface area contributed by atoms with Crippen LogP contribution in [0.2, 0.25) is 5.02 Å². The van der Waals surface area contributed by atoms with Crippen molar-refractivity contribution in [1.29, 1.82) is 0 Å². The molecule has 2 N–H and O–H groups in total. The molecular formula is C18H17ClF4N6O. The molecule has 4 rings (SSSR count). The molecule has 12 heteroatoms. The van der Waals surface area contributed by atoms with E-state index in [0.29, 0.717) is 21.6 Å². The quantitative estimate of drug-likeness (QED) is 0.601. The van der Waals surface area contributed by atoms with E-state index in [9.17, 15) is 22.4 Å². The van der Waals surface area contributed by atoms with Gasteiger partial charge in [0.05, 0.1) is 11.6 Å². The van der Waals surface area contributed by atoms with Crippen LogP contribution >= 0.6 is 11.6 Å². The van der Waals surface area contributed by atoms with E-state index >= 15 is 0 Å². The molecule has 30 heavy (non-hydrogen) atoms. The lowest BCUT2D eigenvalue weighted by Crippen LogP contribution is -2.46. The third kappa shape index (κ3) is 4.16. The number of hydrogen-bond donors (Lipinski definition) is 2. The van der Waals surface area contributed by atoms with E-state index in [0.717, 1.165) is 0 Å². The van der Waals surface area contributed by atoms with E-state index in [-0.39, 0.29) is 26.0 Å². The smallest absolute Gasteiger partial charge is 0.345 e. The number of amides is 1. The number of rotatable bonds is 4. The third-order valence-electron chi connectivity index (χ3n) is 4.69. The van der Waals surface area contributed by atoms with Crippen molar-refractivity contribution in [2.45, 2.75) is 24.8 Å². The van der Waals surface area contributed by atoms with Crippen LogP contribution in [0.5, 0.6) is 0 Å². The molecule has 1 aliphatic rings. The van der Waals surface area contributed by atoms with E-state index in [1.165, 1.54) is 23.4 Å². The molecule has 1 unspecified atom stereocenters. The first-order valence-electron chi connectivity index (χ1n) is 8.92. The van der Waals surface area contributed by atoms with Crippen LogP contribution in [0, 0.1) is 0 Å². The molecule has 1 saturated heterocycles. The highest BCUT2D eigenvalue weighted by atomic mass is 35.5. The second kappa shape index (κ2) is 7.71. The molecule has 0 aromatic carbocycles. The zero-order valence-electron chi connectivity index (χ0n) is 15.2. The zero-order valence-corrected chi connectivity index (χ0v) is 16.0. The van der Waals surface area contributed by atoms with Crippen LogP contribution in [-0.2, 0) is 4.79 Å². The number of H-pyrrole nitrogens is 1. The zero-order chi connectivity index (χ0) is 21.5. The van der Waals surface area contributed by atoms with E-state index in [2.05, 4.69) is 19.9 Å². The molecule has 2 atom stereocenters. The minimum absolute atomic E-state index is 0. The van der Waals surface area contributed by atoms with Crippen molar-refractivity contribution in [1.82, 2.24) is 25.3 Å². The standard InChI is InChI=1S/C18H15ClF4N6O.H2/c19-9-3-11-12(6-26-15(11)25-5-9)16-24-2-1-14(28-16)29-7-10(20)4-13(29)17(30)27-8-18(21,22)23;/h1-3,5-6,10,13H,4,7-8H2,(H,25,26)(H,27,30);1H/t10?,13-;/m1./s1. The number of anilines is 1. The van der Waals surface area contributed by atoms with Gasteiger partial charge in [-0.05, 0) is 12.1 Å². The summed E-state index contributed by atoms with van der Waals surface area (Å²) >= 11 is 6.01. The molecule has 4 heterocycles. The minimum Gasteiger partial charge on any atom is -0.345 e. The maximum atomic E-state index is 14.1. The van der Waals surface area contributed by atoms with Gasteiger partial charge >= 0.3 is 6.18 Å². The summed E-state index contributed by atoms with van der Waals surface area (Å²) in [5.41, 5.74) is 1.16. The van der Waals surface area contributed by atoms with Gasteiger partial charge in [0.2, 0.25) is 5.91 Å². The Balaban J connectivity index is 0.00000272. The fourth-order valence-corrected chi connectivity index (χ4v) is 3.55. The van der Waals surface area contributed by atoms with Gasteiger partial charge in [-0.3, -0.25) is 4.79 Å². The first-order valence-corrected chi connectivity index (χ1v) is 9.30. The number of hydrogen-bond acceptors (Lipinski definition) is 5. The van der Waals surface area contributed by atoms with Crippen LogP contribution in [0.3, 0.4) is 0 Å². The van der Waals surface area contributed by atoms with Crippen molar-refractivity contribution in [3.63, 3.8) is 0 Å². The van der Waals surface area contributed by atoms with E-state index in [1.807, 2.05) is 5.32 Å². The van der Waals surface area contributed by atoms with E-state index in [1.54, 1.807) is 12.3 Å². The Morgan fingerprint density at radius 3 is 2.97 bits per heavy atom. The summed E-state index contributed by atoms with van der Waals surface area (Å²) in [7, 11) is 0. The predicted molar refractivity (Wildman–Crippen MR) is 104 cm³/mol. The van der Waals surface area contributed by atoms with Gasteiger partial charge in [-0.2, -0.15) is 13.2 Å². The monoisotopic (exact) mass is 444 g/mol. The summed E-state index contributed by atoms with van der Waals surface area (Å²) in [6.45, 7) is -1.65. The van der Waals surface area contributed by atoms with Gasteiger partial charge in [0.15, 0.2) is 5.82 Å². The van der Waals surface area contributed by atoms with Crippen LogP contribution in [0.4, 0.5) is 23.4 Å². The van der Waals surface area contributed by atoms with Crippen molar-refractivity contribution < 1.29 is 23.8 Å². The summed E-state index contributed by atoms with van der Waals surface area (Å²) in [6, 6.07) is 2.06. The first kappa shape index (κ1) is 20.3. The molecule has 0 aliphatic carbocycles. The number of nitrogens with zero attached hydrogens (tertiary/aromatic N) is 4. The Kier molecular flexibility index (Phi) is 5.22. The third-order valence-corrected chi connectivity index (χ3v) is 4.90. The molecule has 7 nitrogen and oxygen atoms in total. The average Bonchev–Trinajstić information content (AvgIpc) is 3.29. The summed E-state index contributed by atoms with van der Waals surface area (Å²) in [4.78, 5) is 29.4. The predicted octanol–water partition coefficient (Wildman–Crippen LogP) is 3.51. The normalized spacial score (nSPS) is 19.4. The number of aromatic amines is 1. The van der Waals surface area contributed by atoms with Crippen LogP contribution in [0.25, 0.3) is 22.4 Å². The van der Waals surface area contributed by atoms with Crippen molar-refractivity contribution in [2.24, 2.45) is 0 Å². The molecule has 3 aromatic heterocycles. The SMILES string of the molecule is O=C(NCC(F)(F)F)[C@H]1CC(F)CN1c1ccnc(-c2c[nH]c3ncc(Cl)cc23)n1.[HH]. The van der Waals surface area contributed by atoms with E-state index < -0.39 is 30.8 Å². The minimum atomic E-state index is -4.55. The number of carbonyl (C=O) groups excluding carboxylic acids is 1. The van der Waals surface area contributed by atoms with Gasteiger partial charge in [0, 0.05) is 37.4 Å². The Morgan fingerprint density at radius 1 is 1.40 bits per heavy atom. The maximum absolute atomic E-state index is 14.1. The van der Waals surface area contributed by atoms with Gasteiger partial charge in [-0.15, -0.1) is 0 Å². The molecule has 0 spiro atoms. The van der Waals surface area contributed by atoms with Gasteiger partial charge in [-0.25, -0.2) is 19.3 Å². The molecule has 1 fully saturated rings. The summed E-state index contributed by atoms with van der Waals surface area (Å²) in [5, 5.41) is 2.90. The van der Waals surface area contributed by atoms with Crippen molar-refractivity contribution in [3.8, 4) is 11.4 Å². The second-order valence-electron chi connectivity index (χ2n) is 6.82. The lowest BCUT2D eigenvalue weighted by molar-refractivity contribution is -0.139. The highest BCUT2D eigenvalue weighted by Crippen LogP contribution is 2.30. The number of nitrogens with one attached hydrogen (secondary N) is 2. The molecule has 1 aliphatic heterocycles. The number of aromatic nitrogens is 4. The van der Waals surface area contributed by atoms with Crippen molar-refractivity contribution >= 4 is 34.4 Å². The van der Waals surface area contributed by atoms with Crippen LogP contribution < -0.4 is 10.2 Å². The Bertz CT molecular complexity index is 1090. The topological polar surface area (TPSA) is 86.8 Å². The van der Waals surface area contributed by atoms with Crippen LogP contribution in [0.1, 0.15) is 7.85 Å². The van der Waals surface area contributed by atoms with Gasteiger partial charge in [-0.1, -0.05) is 11.6 Å². The number of fused-ring (bicyclic) bond motifs is 1. The lowest BCUT2D eigenvalue weighted by atomic mass is 10.2. The fourth-order valence-electron chi connectivity index (χ4n) is 3.39. The van der Waals surface area contributed by atoms with Gasteiger partial charge in [0.1, 0.15) is 30.2 Å². The first-order chi connectivity index (χ1) is 14.2. The second-order valence-corrected chi connectivity index (χ2v) is 7.26. The maximum Gasteiger partial charge on any atom is 0.405 e. The molecular weight excluding hydrogens is 428 g/mol. The molecule has 3 aromatic rings. The Hall–Kier alpha value is -2.95. The highest BCUT2D eigenvalue weighted by molar-refractivity contribution is 6.31. The Morgan fingerprint density at radius 2 is 2.20 bits per heavy atom. The van der Waals surface area contributed by atoms with Gasteiger partial charge in [0.25, 0.3) is 0 Å². The molecule has 1 amide bonds. The Labute approximate surface area is 174 Å². The highest BCUT2D eigenvalue weighted by Gasteiger charge is 2.39. The summed E-state index contributed by atoms with van der Waals surface area (Å²) in [5.74, 6) is -0.396. The summed E-state index contributed by atoms with van der Waals surface area (Å²) in [6.07, 6.45) is -1.60. The van der Waals surface area contributed by atoms with Crippen LogP contribution in [-0.4, -0.2) is 57.3 Å². The molecule has 0 saturated carbocycles.